The molecule has 0 aliphatic carbocycles. The van der Waals surface area contributed by atoms with Crippen LogP contribution in [0.5, 0.6) is 0 Å². The Kier molecular flexibility index (Phi) is 5.67. The van der Waals surface area contributed by atoms with Gasteiger partial charge in [0.25, 0.3) is 0 Å². The lowest BCUT2D eigenvalue weighted by Crippen LogP contribution is -2.36. The van der Waals surface area contributed by atoms with Gasteiger partial charge in [-0.15, -0.1) is 0 Å². The molecule has 1 aliphatic heterocycles. The number of benzene rings is 2. The number of oxime groups is 1. The van der Waals surface area contributed by atoms with Gasteiger partial charge in [-0.2, -0.15) is 0 Å². The van der Waals surface area contributed by atoms with E-state index in [0.29, 0.717) is 12.4 Å². The quantitative estimate of drug-likeness (QED) is 0.570. The van der Waals surface area contributed by atoms with Crippen molar-refractivity contribution >= 4 is 11.8 Å². The molecule has 130 valence electrons. The highest BCUT2D eigenvalue weighted by Crippen LogP contribution is 2.30. The zero-order valence-electron chi connectivity index (χ0n) is 14.3. The molecule has 2 aromatic carbocycles. The second kappa shape index (κ2) is 8.33. The highest BCUT2D eigenvalue weighted by atomic mass is 16.7. The molecule has 5 nitrogen and oxygen atoms in total. The normalized spacial score (nSPS) is 16.3. The first-order valence-corrected chi connectivity index (χ1v) is 8.56. The Morgan fingerprint density at radius 1 is 1.12 bits per heavy atom. The monoisotopic (exact) mass is 338 g/mol. The summed E-state index contributed by atoms with van der Waals surface area (Å²) in [7, 11) is 0. The van der Waals surface area contributed by atoms with Gasteiger partial charge in [0.2, 0.25) is 6.23 Å². The number of hydrogen-bond acceptors (Lipinski definition) is 5. The molecule has 0 aromatic heterocycles. The van der Waals surface area contributed by atoms with Crippen molar-refractivity contribution < 1.29 is 14.4 Å². The van der Waals surface area contributed by atoms with Crippen molar-refractivity contribution in [2.24, 2.45) is 5.16 Å². The molecule has 0 fully saturated rings. The molecule has 0 radical (unpaired) electrons. The maximum absolute atomic E-state index is 12.3. The lowest BCUT2D eigenvalue weighted by molar-refractivity contribution is -0.146. The Morgan fingerprint density at radius 3 is 2.48 bits per heavy atom. The van der Waals surface area contributed by atoms with Gasteiger partial charge in [-0.1, -0.05) is 79.2 Å². The van der Waals surface area contributed by atoms with E-state index in [-0.39, 0.29) is 12.5 Å². The van der Waals surface area contributed by atoms with Crippen LogP contribution in [0.1, 0.15) is 37.1 Å². The fourth-order valence-corrected chi connectivity index (χ4v) is 2.66. The van der Waals surface area contributed by atoms with E-state index in [1.54, 1.807) is 0 Å². The standard InChI is InChI=1S/C20H22N2O3/c1-2-3-14-24-18(23)15-22-19(16-10-6-4-7-11-16)21-25-20(22)17-12-8-5-9-13-17/h4-13,20H,2-3,14-15H2,1H3. The van der Waals surface area contributed by atoms with Crippen LogP contribution in [0.3, 0.4) is 0 Å². The van der Waals surface area contributed by atoms with Crippen molar-refractivity contribution in [1.29, 1.82) is 0 Å². The van der Waals surface area contributed by atoms with Gasteiger partial charge in [0.15, 0.2) is 5.84 Å². The van der Waals surface area contributed by atoms with E-state index in [2.05, 4.69) is 12.1 Å². The zero-order valence-corrected chi connectivity index (χ0v) is 14.3. The van der Waals surface area contributed by atoms with Crippen LogP contribution in [0, 0.1) is 0 Å². The molecule has 0 saturated heterocycles. The summed E-state index contributed by atoms with van der Waals surface area (Å²) in [6.45, 7) is 2.60. The molecule has 1 heterocycles. The third-order valence-electron chi connectivity index (χ3n) is 3.97. The number of carbonyl (C=O) groups is 1. The first-order valence-electron chi connectivity index (χ1n) is 8.56. The Labute approximate surface area is 147 Å². The summed E-state index contributed by atoms with van der Waals surface area (Å²) in [6, 6.07) is 19.5. The van der Waals surface area contributed by atoms with Gasteiger partial charge in [-0.25, -0.2) is 0 Å². The van der Waals surface area contributed by atoms with Crippen molar-refractivity contribution in [1.82, 2.24) is 4.90 Å². The second-order valence-electron chi connectivity index (χ2n) is 5.85. The van der Waals surface area contributed by atoms with E-state index in [4.69, 9.17) is 9.57 Å². The Morgan fingerprint density at radius 2 is 1.80 bits per heavy atom. The molecule has 0 bridgehead atoms. The number of amidine groups is 1. The summed E-state index contributed by atoms with van der Waals surface area (Å²) in [5.41, 5.74) is 1.85. The predicted octanol–water partition coefficient (Wildman–Crippen LogP) is 3.72. The van der Waals surface area contributed by atoms with Crippen LogP contribution >= 0.6 is 0 Å². The molecule has 0 spiro atoms. The molecule has 0 saturated carbocycles. The summed E-state index contributed by atoms with van der Waals surface area (Å²) in [4.78, 5) is 19.8. The maximum Gasteiger partial charge on any atom is 0.325 e. The lowest BCUT2D eigenvalue weighted by Gasteiger charge is -2.24. The van der Waals surface area contributed by atoms with Crippen LogP contribution in [-0.4, -0.2) is 29.9 Å². The number of esters is 1. The second-order valence-corrected chi connectivity index (χ2v) is 5.85. The predicted molar refractivity (Wildman–Crippen MR) is 95.8 cm³/mol. The van der Waals surface area contributed by atoms with E-state index in [1.807, 2.05) is 65.6 Å². The van der Waals surface area contributed by atoms with E-state index < -0.39 is 6.23 Å². The van der Waals surface area contributed by atoms with E-state index in [0.717, 1.165) is 24.0 Å². The maximum atomic E-state index is 12.3. The third-order valence-corrected chi connectivity index (χ3v) is 3.97. The number of hydrogen-bond donors (Lipinski definition) is 0. The average molecular weight is 338 g/mol. The van der Waals surface area contributed by atoms with Crippen molar-refractivity contribution in [3.63, 3.8) is 0 Å². The Bertz CT molecular complexity index is 716. The van der Waals surface area contributed by atoms with E-state index in [1.165, 1.54) is 0 Å². The lowest BCUT2D eigenvalue weighted by atomic mass is 10.1. The van der Waals surface area contributed by atoms with Crippen LogP contribution in [0.2, 0.25) is 0 Å². The molecule has 2 aromatic rings. The summed E-state index contributed by atoms with van der Waals surface area (Å²) < 4.78 is 5.32. The molecule has 0 N–H and O–H groups in total. The van der Waals surface area contributed by atoms with Crippen LogP contribution in [0.4, 0.5) is 0 Å². The molecule has 1 atom stereocenters. The fraction of sp³-hybridized carbons (Fsp3) is 0.300. The number of carbonyl (C=O) groups excluding carboxylic acids is 1. The van der Waals surface area contributed by atoms with Gasteiger partial charge in [0, 0.05) is 11.1 Å². The number of ether oxygens (including phenoxy) is 1. The smallest absolute Gasteiger partial charge is 0.325 e. The highest BCUT2D eigenvalue weighted by Gasteiger charge is 2.34. The van der Waals surface area contributed by atoms with Gasteiger partial charge in [-0.3, -0.25) is 4.79 Å². The SMILES string of the molecule is CCCCOC(=O)CN1C(c2ccccc2)=NOC1c1ccccc1. The fourth-order valence-electron chi connectivity index (χ4n) is 2.66. The summed E-state index contributed by atoms with van der Waals surface area (Å²) in [6.07, 6.45) is 1.42. The van der Waals surface area contributed by atoms with Crippen LogP contribution < -0.4 is 0 Å². The minimum atomic E-state index is -0.435. The van der Waals surface area contributed by atoms with Crippen molar-refractivity contribution in [3.05, 3.63) is 71.8 Å². The largest absolute Gasteiger partial charge is 0.464 e. The van der Waals surface area contributed by atoms with Crippen LogP contribution in [-0.2, 0) is 14.4 Å². The zero-order chi connectivity index (χ0) is 17.5. The molecule has 1 unspecified atom stereocenters. The molecular formula is C20H22N2O3. The molecular weight excluding hydrogens is 316 g/mol. The van der Waals surface area contributed by atoms with Crippen LogP contribution in [0.15, 0.2) is 65.8 Å². The Hall–Kier alpha value is -2.82. The topological polar surface area (TPSA) is 51.1 Å². The van der Waals surface area contributed by atoms with Crippen molar-refractivity contribution in [2.45, 2.75) is 26.0 Å². The molecule has 1 aliphatic rings. The van der Waals surface area contributed by atoms with Crippen molar-refractivity contribution in [2.75, 3.05) is 13.2 Å². The van der Waals surface area contributed by atoms with Crippen molar-refractivity contribution in [3.8, 4) is 0 Å². The first kappa shape index (κ1) is 17.0. The number of rotatable bonds is 7. The third kappa shape index (κ3) is 4.18. The van der Waals surface area contributed by atoms with E-state index in [9.17, 15) is 4.79 Å². The summed E-state index contributed by atoms with van der Waals surface area (Å²) in [5, 5.41) is 4.23. The molecule has 5 heteroatoms. The van der Waals surface area contributed by atoms with Crippen LogP contribution in [0.25, 0.3) is 0 Å². The first-order chi connectivity index (χ1) is 12.3. The average Bonchev–Trinajstić information content (AvgIpc) is 3.07. The molecule has 25 heavy (non-hydrogen) atoms. The van der Waals surface area contributed by atoms with E-state index >= 15 is 0 Å². The van der Waals surface area contributed by atoms with Gasteiger partial charge in [0.05, 0.1) is 6.61 Å². The highest BCUT2D eigenvalue weighted by molar-refractivity contribution is 6.00. The summed E-state index contributed by atoms with van der Waals surface area (Å²) >= 11 is 0. The molecule has 0 amide bonds. The number of nitrogens with zero attached hydrogens (tertiary/aromatic N) is 2. The van der Waals surface area contributed by atoms with Gasteiger partial charge >= 0.3 is 5.97 Å². The molecule has 3 rings (SSSR count). The minimum Gasteiger partial charge on any atom is -0.464 e. The Balaban J connectivity index is 1.80. The van der Waals surface area contributed by atoms with Gasteiger partial charge in [0.1, 0.15) is 6.54 Å². The minimum absolute atomic E-state index is 0.0942. The summed E-state index contributed by atoms with van der Waals surface area (Å²) in [5.74, 6) is 0.366. The van der Waals surface area contributed by atoms with Gasteiger partial charge < -0.3 is 14.5 Å². The van der Waals surface area contributed by atoms with Gasteiger partial charge in [-0.05, 0) is 6.42 Å². The number of unbranched alkanes of at least 4 members (excludes halogenated alkanes) is 1.